The van der Waals surface area contributed by atoms with E-state index in [1.807, 2.05) is 18.2 Å². The summed E-state index contributed by atoms with van der Waals surface area (Å²) in [5.74, 6) is -1.66. The molecule has 3 N–H and O–H groups in total. The molecular formula is C16H17BrN2O4. The summed E-state index contributed by atoms with van der Waals surface area (Å²) in [5.41, 5.74) is 1.17. The number of aromatic nitrogens is 1. The van der Waals surface area contributed by atoms with Gasteiger partial charge in [-0.05, 0) is 31.0 Å². The standard InChI is InChI=1S/C16H17BrN2O4/c17-11-4-3-9-6-13(18-12(9)7-11)15(20)19-14(16(21)22)10-2-1-5-23-8-10/h3-4,6-7,10,14,18H,1-2,5,8H2,(H,19,20)(H,21,22). The Labute approximate surface area is 141 Å². The molecule has 2 unspecified atom stereocenters. The Kier molecular flexibility index (Phi) is 4.68. The summed E-state index contributed by atoms with van der Waals surface area (Å²) in [5, 5.41) is 12.9. The molecule has 6 nitrogen and oxygen atoms in total. The third-order valence-corrected chi connectivity index (χ3v) is 4.54. The van der Waals surface area contributed by atoms with E-state index in [0.717, 1.165) is 28.2 Å². The number of rotatable bonds is 4. The van der Waals surface area contributed by atoms with E-state index in [0.29, 0.717) is 18.9 Å². The van der Waals surface area contributed by atoms with E-state index in [1.165, 1.54) is 0 Å². The molecule has 0 saturated carbocycles. The summed E-state index contributed by atoms with van der Waals surface area (Å²) in [6.45, 7) is 1.00. The predicted molar refractivity (Wildman–Crippen MR) is 88.4 cm³/mol. The monoisotopic (exact) mass is 380 g/mol. The zero-order valence-electron chi connectivity index (χ0n) is 12.3. The fraction of sp³-hybridized carbons (Fsp3) is 0.375. The third kappa shape index (κ3) is 3.56. The van der Waals surface area contributed by atoms with Crippen molar-refractivity contribution in [1.29, 1.82) is 0 Å². The molecule has 2 atom stereocenters. The molecule has 3 rings (SSSR count). The number of aromatic amines is 1. The number of H-pyrrole nitrogens is 1. The number of nitrogens with one attached hydrogen (secondary N) is 2. The molecule has 122 valence electrons. The van der Waals surface area contributed by atoms with Crippen LogP contribution in [0.15, 0.2) is 28.7 Å². The van der Waals surface area contributed by atoms with Crippen molar-refractivity contribution in [3.8, 4) is 0 Å². The molecule has 0 spiro atoms. The number of aliphatic carboxylic acids is 1. The molecule has 0 bridgehead atoms. The Morgan fingerprint density at radius 3 is 2.91 bits per heavy atom. The number of halogens is 1. The molecule has 1 aromatic carbocycles. The number of carbonyl (C=O) groups excluding carboxylic acids is 1. The first-order chi connectivity index (χ1) is 11.0. The van der Waals surface area contributed by atoms with E-state index in [9.17, 15) is 14.7 Å². The van der Waals surface area contributed by atoms with Crippen molar-refractivity contribution in [2.24, 2.45) is 5.92 Å². The zero-order chi connectivity index (χ0) is 16.4. The Morgan fingerprint density at radius 2 is 2.22 bits per heavy atom. The van der Waals surface area contributed by atoms with Gasteiger partial charge >= 0.3 is 5.97 Å². The second-order valence-corrected chi connectivity index (χ2v) is 6.60. The Bertz CT molecular complexity index is 737. The molecule has 2 aromatic rings. The number of carbonyl (C=O) groups is 2. The van der Waals surface area contributed by atoms with E-state index in [-0.39, 0.29) is 5.92 Å². The van der Waals surface area contributed by atoms with Crippen LogP contribution >= 0.6 is 15.9 Å². The number of amides is 1. The van der Waals surface area contributed by atoms with Gasteiger partial charge in [0.1, 0.15) is 11.7 Å². The molecule has 1 fully saturated rings. The summed E-state index contributed by atoms with van der Waals surface area (Å²) < 4.78 is 6.24. The minimum atomic E-state index is -1.03. The third-order valence-electron chi connectivity index (χ3n) is 4.05. The van der Waals surface area contributed by atoms with E-state index in [1.54, 1.807) is 6.07 Å². The van der Waals surface area contributed by atoms with Crippen LogP contribution in [0.25, 0.3) is 10.9 Å². The van der Waals surface area contributed by atoms with Gasteiger partial charge in [0.25, 0.3) is 5.91 Å². The second-order valence-electron chi connectivity index (χ2n) is 5.68. The lowest BCUT2D eigenvalue weighted by molar-refractivity contribution is -0.142. The minimum Gasteiger partial charge on any atom is -0.480 e. The fourth-order valence-electron chi connectivity index (χ4n) is 2.85. The van der Waals surface area contributed by atoms with Gasteiger partial charge in [-0.3, -0.25) is 4.79 Å². The molecule has 2 heterocycles. The van der Waals surface area contributed by atoms with Gasteiger partial charge < -0.3 is 20.1 Å². The van der Waals surface area contributed by atoms with Crippen molar-refractivity contribution in [1.82, 2.24) is 10.3 Å². The first kappa shape index (κ1) is 16.0. The van der Waals surface area contributed by atoms with Crippen LogP contribution in [-0.4, -0.2) is 41.2 Å². The first-order valence-electron chi connectivity index (χ1n) is 7.44. The zero-order valence-corrected chi connectivity index (χ0v) is 13.9. The van der Waals surface area contributed by atoms with Gasteiger partial charge in [-0.25, -0.2) is 4.79 Å². The lowest BCUT2D eigenvalue weighted by Crippen LogP contribution is -2.48. The van der Waals surface area contributed by atoms with E-state index >= 15 is 0 Å². The van der Waals surface area contributed by atoms with Crippen molar-refractivity contribution in [3.63, 3.8) is 0 Å². The van der Waals surface area contributed by atoms with Gasteiger partial charge in [0.2, 0.25) is 0 Å². The van der Waals surface area contributed by atoms with Crippen LogP contribution in [0, 0.1) is 5.92 Å². The Morgan fingerprint density at radius 1 is 1.39 bits per heavy atom. The maximum absolute atomic E-state index is 12.4. The van der Waals surface area contributed by atoms with Crippen LogP contribution in [0.4, 0.5) is 0 Å². The first-order valence-corrected chi connectivity index (χ1v) is 8.23. The van der Waals surface area contributed by atoms with Crippen molar-refractivity contribution >= 4 is 38.7 Å². The molecular weight excluding hydrogens is 364 g/mol. The quantitative estimate of drug-likeness (QED) is 0.759. The number of carboxylic acid groups (broad SMARTS) is 1. The molecule has 23 heavy (non-hydrogen) atoms. The maximum Gasteiger partial charge on any atom is 0.326 e. The maximum atomic E-state index is 12.4. The van der Waals surface area contributed by atoms with Crippen LogP contribution in [0.1, 0.15) is 23.3 Å². The molecule has 7 heteroatoms. The predicted octanol–water partition coefficient (Wildman–Crippen LogP) is 2.54. The van der Waals surface area contributed by atoms with Gasteiger partial charge in [-0.1, -0.05) is 22.0 Å². The molecule has 1 aliphatic heterocycles. The molecule has 0 radical (unpaired) electrons. The normalized spacial score (nSPS) is 19.4. The van der Waals surface area contributed by atoms with Gasteiger partial charge in [-0.15, -0.1) is 0 Å². The fourth-order valence-corrected chi connectivity index (χ4v) is 3.21. The molecule has 1 aromatic heterocycles. The number of ether oxygens (including phenoxy) is 1. The number of carboxylic acids is 1. The molecule has 0 aliphatic carbocycles. The molecule has 1 saturated heterocycles. The van der Waals surface area contributed by atoms with E-state index in [2.05, 4.69) is 26.2 Å². The summed E-state index contributed by atoms with van der Waals surface area (Å²) in [6, 6.07) is 6.41. The molecule has 1 amide bonds. The van der Waals surface area contributed by atoms with Crippen LogP contribution < -0.4 is 5.32 Å². The van der Waals surface area contributed by atoms with Crippen molar-refractivity contribution in [2.45, 2.75) is 18.9 Å². The molecule has 1 aliphatic rings. The van der Waals surface area contributed by atoms with Gasteiger partial charge in [-0.2, -0.15) is 0 Å². The van der Waals surface area contributed by atoms with Crippen LogP contribution in [-0.2, 0) is 9.53 Å². The smallest absolute Gasteiger partial charge is 0.326 e. The van der Waals surface area contributed by atoms with Crippen molar-refractivity contribution in [2.75, 3.05) is 13.2 Å². The second kappa shape index (κ2) is 6.72. The average Bonchev–Trinajstić information content (AvgIpc) is 2.96. The Hall–Kier alpha value is -1.86. The van der Waals surface area contributed by atoms with Crippen molar-refractivity contribution < 1.29 is 19.4 Å². The highest BCUT2D eigenvalue weighted by Gasteiger charge is 2.31. The summed E-state index contributed by atoms with van der Waals surface area (Å²) in [4.78, 5) is 26.9. The lowest BCUT2D eigenvalue weighted by Gasteiger charge is -2.27. The summed E-state index contributed by atoms with van der Waals surface area (Å²) in [7, 11) is 0. The lowest BCUT2D eigenvalue weighted by atomic mass is 9.93. The van der Waals surface area contributed by atoms with Gasteiger partial charge in [0, 0.05) is 27.9 Å². The van der Waals surface area contributed by atoms with Gasteiger partial charge in [0.05, 0.1) is 6.61 Å². The van der Waals surface area contributed by atoms with E-state index in [4.69, 9.17) is 4.74 Å². The highest BCUT2D eigenvalue weighted by Crippen LogP contribution is 2.21. The Balaban J connectivity index is 1.78. The topological polar surface area (TPSA) is 91.4 Å². The summed E-state index contributed by atoms with van der Waals surface area (Å²) in [6.07, 6.45) is 1.54. The number of benzene rings is 1. The van der Waals surface area contributed by atoms with Crippen molar-refractivity contribution in [3.05, 3.63) is 34.4 Å². The number of hydrogen-bond donors (Lipinski definition) is 3. The highest BCUT2D eigenvalue weighted by atomic mass is 79.9. The minimum absolute atomic E-state index is 0.205. The van der Waals surface area contributed by atoms with Crippen LogP contribution in [0.5, 0.6) is 0 Å². The average molecular weight is 381 g/mol. The van der Waals surface area contributed by atoms with Crippen LogP contribution in [0.3, 0.4) is 0 Å². The highest BCUT2D eigenvalue weighted by molar-refractivity contribution is 9.10. The SMILES string of the molecule is O=C(NC(C(=O)O)C1CCCOC1)c1cc2ccc(Br)cc2[nH]1. The van der Waals surface area contributed by atoms with Gasteiger partial charge in [0.15, 0.2) is 0 Å². The summed E-state index contributed by atoms with van der Waals surface area (Å²) >= 11 is 3.38. The van der Waals surface area contributed by atoms with Crippen LogP contribution in [0.2, 0.25) is 0 Å². The largest absolute Gasteiger partial charge is 0.480 e. The van der Waals surface area contributed by atoms with E-state index < -0.39 is 17.9 Å². The number of hydrogen-bond acceptors (Lipinski definition) is 3. The number of fused-ring (bicyclic) bond motifs is 1.